The molecule has 2 rings (SSSR count). The lowest BCUT2D eigenvalue weighted by atomic mass is 9.99. The molecule has 0 saturated carbocycles. The Bertz CT molecular complexity index is 446. The number of rotatable bonds is 3. The average Bonchev–Trinajstić information content (AvgIpc) is 2.46. The van der Waals surface area contributed by atoms with Gasteiger partial charge in [0.25, 0.3) is 0 Å². The Hall–Kier alpha value is -2.04. The van der Waals surface area contributed by atoms with Crippen LogP contribution in [0, 0.1) is 5.92 Å². The highest BCUT2D eigenvalue weighted by molar-refractivity contribution is 5.71. The van der Waals surface area contributed by atoms with E-state index in [1.165, 1.54) is 4.90 Å². The van der Waals surface area contributed by atoms with Crippen molar-refractivity contribution >= 4 is 12.1 Å². The van der Waals surface area contributed by atoms with Crippen LogP contribution in [0.15, 0.2) is 30.3 Å². The lowest BCUT2D eigenvalue weighted by Gasteiger charge is -2.32. The molecule has 0 bridgehead atoms. The molecule has 1 atom stereocenters. The first-order valence-corrected chi connectivity index (χ1v) is 6.33. The molecule has 1 aromatic carbocycles. The largest absolute Gasteiger partial charge is 0.550 e. The molecule has 0 aromatic heterocycles. The Morgan fingerprint density at radius 3 is 2.74 bits per heavy atom. The van der Waals surface area contributed by atoms with E-state index in [0.29, 0.717) is 19.4 Å². The van der Waals surface area contributed by atoms with E-state index in [1.54, 1.807) is 0 Å². The van der Waals surface area contributed by atoms with Crippen LogP contribution >= 0.6 is 0 Å². The molecule has 5 nitrogen and oxygen atoms in total. The monoisotopic (exact) mass is 262 g/mol. The number of aliphatic carboxylic acids is 1. The predicted octanol–water partition coefficient (Wildman–Crippen LogP) is 0.785. The second-order valence-electron chi connectivity index (χ2n) is 4.64. The van der Waals surface area contributed by atoms with Crippen molar-refractivity contribution in [3.8, 4) is 0 Å². The minimum Gasteiger partial charge on any atom is -0.550 e. The SMILES string of the molecule is O=C([O-])C1CCCN(C(=O)OCc2ccccc2)C1. The normalized spacial score (nSPS) is 18.9. The molecule has 19 heavy (non-hydrogen) atoms. The second kappa shape index (κ2) is 6.22. The van der Waals surface area contributed by atoms with Crippen LogP contribution in [0.5, 0.6) is 0 Å². The molecule has 0 spiro atoms. The molecule has 1 unspecified atom stereocenters. The van der Waals surface area contributed by atoms with E-state index < -0.39 is 18.0 Å². The van der Waals surface area contributed by atoms with Crippen LogP contribution in [0.1, 0.15) is 18.4 Å². The van der Waals surface area contributed by atoms with Gasteiger partial charge in [0.05, 0.1) is 0 Å². The third-order valence-corrected chi connectivity index (χ3v) is 3.22. The number of ether oxygens (including phenoxy) is 1. The first-order chi connectivity index (χ1) is 9.16. The van der Waals surface area contributed by atoms with Crippen LogP contribution < -0.4 is 5.11 Å². The smallest absolute Gasteiger partial charge is 0.410 e. The number of piperidine rings is 1. The number of hydrogen-bond acceptors (Lipinski definition) is 4. The van der Waals surface area contributed by atoms with Crippen LogP contribution in [-0.4, -0.2) is 30.1 Å². The number of benzene rings is 1. The van der Waals surface area contributed by atoms with Gasteiger partial charge in [0.1, 0.15) is 6.61 Å². The van der Waals surface area contributed by atoms with E-state index in [-0.39, 0.29) is 13.2 Å². The second-order valence-corrected chi connectivity index (χ2v) is 4.64. The molecule has 1 amide bonds. The minimum absolute atomic E-state index is 0.177. The van der Waals surface area contributed by atoms with Crippen molar-refractivity contribution in [1.82, 2.24) is 4.90 Å². The Balaban J connectivity index is 1.84. The van der Waals surface area contributed by atoms with Crippen molar-refractivity contribution in [2.75, 3.05) is 13.1 Å². The Morgan fingerprint density at radius 1 is 1.32 bits per heavy atom. The van der Waals surface area contributed by atoms with Crippen LogP contribution in [0.4, 0.5) is 4.79 Å². The number of hydrogen-bond donors (Lipinski definition) is 0. The van der Waals surface area contributed by atoms with E-state index in [1.807, 2.05) is 30.3 Å². The van der Waals surface area contributed by atoms with Crippen molar-refractivity contribution in [1.29, 1.82) is 0 Å². The minimum atomic E-state index is -1.10. The van der Waals surface area contributed by atoms with E-state index in [9.17, 15) is 14.7 Å². The first-order valence-electron chi connectivity index (χ1n) is 6.33. The van der Waals surface area contributed by atoms with Crippen molar-refractivity contribution in [2.24, 2.45) is 5.92 Å². The highest BCUT2D eigenvalue weighted by Gasteiger charge is 2.25. The maximum absolute atomic E-state index is 11.8. The topological polar surface area (TPSA) is 69.7 Å². The van der Waals surface area contributed by atoms with Gasteiger partial charge in [-0.25, -0.2) is 4.79 Å². The molecule has 1 aliphatic rings. The summed E-state index contributed by atoms with van der Waals surface area (Å²) >= 11 is 0. The molecule has 1 saturated heterocycles. The van der Waals surface area contributed by atoms with Gasteiger partial charge >= 0.3 is 6.09 Å². The van der Waals surface area contributed by atoms with E-state index in [4.69, 9.17) is 4.74 Å². The van der Waals surface area contributed by atoms with Crippen LogP contribution in [0.25, 0.3) is 0 Å². The van der Waals surface area contributed by atoms with Gasteiger partial charge in [-0.2, -0.15) is 0 Å². The van der Waals surface area contributed by atoms with Gasteiger partial charge in [-0.3, -0.25) is 0 Å². The molecular weight excluding hydrogens is 246 g/mol. The summed E-state index contributed by atoms with van der Waals surface area (Å²) in [6, 6.07) is 9.37. The molecule has 0 aliphatic carbocycles. The summed E-state index contributed by atoms with van der Waals surface area (Å²) in [5, 5.41) is 10.8. The summed E-state index contributed by atoms with van der Waals surface area (Å²) in [5.74, 6) is -1.68. The lowest BCUT2D eigenvalue weighted by molar-refractivity contribution is -0.312. The van der Waals surface area contributed by atoms with Gasteiger partial charge in [-0.05, 0) is 18.4 Å². The van der Waals surface area contributed by atoms with Gasteiger partial charge in [0, 0.05) is 25.0 Å². The highest BCUT2D eigenvalue weighted by atomic mass is 16.6. The predicted molar refractivity (Wildman–Crippen MR) is 65.9 cm³/mol. The molecule has 1 aromatic rings. The van der Waals surface area contributed by atoms with E-state index in [0.717, 1.165) is 5.56 Å². The zero-order valence-corrected chi connectivity index (χ0v) is 10.6. The standard InChI is InChI=1S/C14H17NO4/c16-13(17)12-7-4-8-15(9-12)14(18)19-10-11-5-2-1-3-6-11/h1-3,5-6,12H,4,7-10H2,(H,16,17)/p-1. The molecule has 0 N–H and O–H groups in total. The van der Waals surface area contributed by atoms with Crippen molar-refractivity contribution in [3.05, 3.63) is 35.9 Å². The van der Waals surface area contributed by atoms with Gasteiger partial charge < -0.3 is 19.5 Å². The summed E-state index contributed by atoms with van der Waals surface area (Å²) < 4.78 is 5.17. The maximum Gasteiger partial charge on any atom is 0.410 e. The third kappa shape index (κ3) is 3.71. The van der Waals surface area contributed by atoms with E-state index >= 15 is 0 Å². The molecule has 1 fully saturated rings. The van der Waals surface area contributed by atoms with Gasteiger partial charge in [0.15, 0.2) is 0 Å². The zero-order valence-electron chi connectivity index (χ0n) is 10.6. The summed E-state index contributed by atoms with van der Waals surface area (Å²) in [5.41, 5.74) is 0.907. The van der Waals surface area contributed by atoms with E-state index in [2.05, 4.69) is 0 Å². The van der Waals surface area contributed by atoms with Crippen LogP contribution in [0.3, 0.4) is 0 Å². The van der Waals surface area contributed by atoms with Crippen molar-refractivity contribution in [3.63, 3.8) is 0 Å². The van der Waals surface area contributed by atoms with Gasteiger partial charge in [-0.15, -0.1) is 0 Å². The molecule has 0 radical (unpaired) electrons. The number of carboxylic acid groups (broad SMARTS) is 1. The molecule has 1 heterocycles. The summed E-state index contributed by atoms with van der Waals surface area (Å²) in [7, 11) is 0. The number of amides is 1. The Morgan fingerprint density at radius 2 is 2.05 bits per heavy atom. The third-order valence-electron chi connectivity index (χ3n) is 3.22. The summed E-state index contributed by atoms with van der Waals surface area (Å²) in [6.45, 7) is 0.916. The quantitative estimate of drug-likeness (QED) is 0.807. The number of carbonyl (C=O) groups is 2. The van der Waals surface area contributed by atoms with Crippen LogP contribution in [-0.2, 0) is 16.1 Å². The van der Waals surface area contributed by atoms with Crippen LogP contribution in [0.2, 0.25) is 0 Å². The summed E-state index contributed by atoms with van der Waals surface area (Å²) in [4.78, 5) is 24.1. The van der Waals surface area contributed by atoms with Crippen molar-refractivity contribution < 1.29 is 19.4 Å². The lowest BCUT2D eigenvalue weighted by Crippen LogP contribution is -2.46. The number of nitrogens with zero attached hydrogens (tertiary/aromatic N) is 1. The molecule has 5 heteroatoms. The molecule has 1 aliphatic heterocycles. The highest BCUT2D eigenvalue weighted by Crippen LogP contribution is 2.17. The Labute approximate surface area is 111 Å². The fraction of sp³-hybridized carbons (Fsp3) is 0.429. The number of likely N-dealkylation sites (tertiary alicyclic amines) is 1. The summed E-state index contributed by atoms with van der Waals surface area (Å²) in [6.07, 6.45) is 0.763. The fourth-order valence-corrected chi connectivity index (χ4v) is 2.15. The first kappa shape index (κ1) is 13.4. The maximum atomic E-state index is 11.8. The molecular formula is C14H16NO4-. The van der Waals surface area contributed by atoms with Crippen molar-refractivity contribution in [2.45, 2.75) is 19.4 Å². The molecule has 102 valence electrons. The Kier molecular flexibility index (Phi) is 4.39. The number of carbonyl (C=O) groups excluding carboxylic acids is 2. The van der Waals surface area contributed by atoms with Gasteiger partial charge in [0.2, 0.25) is 0 Å². The fourth-order valence-electron chi connectivity index (χ4n) is 2.15. The average molecular weight is 262 g/mol. The zero-order chi connectivity index (χ0) is 13.7. The van der Waals surface area contributed by atoms with Gasteiger partial charge in [-0.1, -0.05) is 30.3 Å². The number of carboxylic acids is 1.